The van der Waals surface area contributed by atoms with Crippen LogP contribution in [0.5, 0.6) is 0 Å². The van der Waals surface area contributed by atoms with Gasteiger partial charge in [0.1, 0.15) is 5.82 Å². The molecule has 0 aliphatic heterocycles. The van der Waals surface area contributed by atoms with Crippen LogP contribution in [-0.2, 0) is 0 Å². The van der Waals surface area contributed by atoms with Gasteiger partial charge in [-0.05, 0) is 30.5 Å². The molecule has 0 amide bonds. The van der Waals surface area contributed by atoms with Crippen LogP contribution in [0.3, 0.4) is 0 Å². The Morgan fingerprint density at radius 2 is 2.10 bits per heavy atom. The van der Waals surface area contributed by atoms with Crippen LogP contribution in [0, 0.1) is 0 Å². The Bertz CT molecular complexity index is 757. The number of nitrogens with one attached hydrogen (secondary N) is 1. The van der Waals surface area contributed by atoms with Gasteiger partial charge in [-0.25, -0.2) is 9.97 Å². The van der Waals surface area contributed by atoms with Gasteiger partial charge in [-0.15, -0.1) is 11.3 Å². The molecule has 2 heterocycles. The normalized spacial score (nSPS) is 10.9. The summed E-state index contributed by atoms with van der Waals surface area (Å²) in [5.41, 5.74) is 0.713. The number of benzene rings is 1. The second-order valence-corrected chi connectivity index (χ2v) is 5.98. The Hall–Kier alpha value is -1.36. The summed E-state index contributed by atoms with van der Waals surface area (Å²) in [6.07, 6.45) is 0. The minimum atomic E-state index is 0.534. The molecule has 0 fully saturated rings. The Morgan fingerprint density at radius 1 is 1.25 bits per heavy atom. The van der Waals surface area contributed by atoms with Crippen LogP contribution in [0.25, 0.3) is 21.6 Å². The number of rotatable bonds is 3. The quantitative estimate of drug-likeness (QED) is 0.728. The Labute approximate surface area is 130 Å². The van der Waals surface area contributed by atoms with Crippen molar-refractivity contribution in [1.29, 1.82) is 0 Å². The predicted molar refractivity (Wildman–Crippen MR) is 87.0 cm³/mol. The summed E-state index contributed by atoms with van der Waals surface area (Å²) in [6.45, 7) is 2.78. The van der Waals surface area contributed by atoms with Crippen LogP contribution >= 0.6 is 34.5 Å². The maximum absolute atomic E-state index is 6.27. The summed E-state index contributed by atoms with van der Waals surface area (Å²) in [5, 5.41) is 7.19. The largest absolute Gasteiger partial charge is 0.370 e. The average molecular weight is 324 g/mol. The molecule has 20 heavy (non-hydrogen) atoms. The van der Waals surface area contributed by atoms with Crippen molar-refractivity contribution in [2.75, 3.05) is 11.9 Å². The van der Waals surface area contributed by atoms with Crippen molar-refractivity contribution in [2.24, 2.45) is 0 Å². The number of thiophene rings is 1. The molecule has 0 unspecified atom stereocenters. The van der Waals surface area contributed by atoms with E-state index in [4.69, 9.17) is 23.2 Å². The fourth-order valence-corrected chi connectivity index (χ4v) is 3.17. The molecule has 6 heteroatoms. The van der Waals surface area contributed by atoms with E-state index in [0.717, 1.165) is 22.6 Å². The number of fused-ring (bicyclic) bond motifs is 1. The first-order valence-electron chi connectivity index (χ1n) is 6.13. The summed E-state index contributed by atoms with van der Waals surface area (Å²) in [4.78, 5) is 10.2. The van der Waals surface area contributed by atoms with Crippen molar-refractivity contribution in [1.82, 2.24) is 9.97 Å². The molecular formula is C14H11Cl2N3S. The first kappa shape index (κ1) is 13.6. The van der Waals surface area contributed by atoms with Gasteiger partial charge in [0.2, 0.25) is 0 Å². The third-order valence-electron chi connectivity index (χ3n) is 2.80. The van der Waals surface area contributed by atoms with Crippen LogP contribution in [0.1, 0.15) is 6.92 Å². The SMILES string of the molecule is CCNc1nc(-c2cccs2)nc2c(Cl)cc(Cl)cc12. The second-order valence-electron chi connectivity index (χ2n) is 4.19. The highest BCUT2D eigenvalue weighted by Crippen LogP contribution is 2.33. The highest BCUT2D eigenvalue weighted by molar-refractivity contribution is 7.13. The topological polar surface area (TPSA) is 37.8 Å². The smallest absolute Gasteiger partial charge is 0.172 e. The van der Waals surface area contributed by atoms with E-state index in [0.29, 0.717) is 21.4 Å². The van der Waals surface area contributed by atoms with E-state index in [2.05, 4.69) is 15.3 Å². The van der Waals surface area contributed by atoms with Crippen LogP contribution in [0.15, 0.2) is 29.6 Å². The lowest BCUT2D eigenvalue weighted by molar-refractivity contribution is 1.15. The fourth-order valence-electron chi connectivity index (χ4n) is 1.98. The van der Waals surface area contributed by atoms with E-state index in [1.54, 1.807) is 17.4 Å². The van der Waals surface area contributed by atoms with Crippen molar-refractivity contribution in [3.63, 3.8) is 0 Å². The van der Waals surface area contributed by atoms with Gasteiger partial charge in [0.05, 0.1) is 15.4 Å². The van der Waals surface area contributed by atoms with Gasteiger partial charge in [0.25, 0.3) is 0 Å². The van der Waals surface area contributed by atoms with E-state index >= 15 is 0 Å². The van der Waals surface area contributed by atoms with Gasteiger partial charge >= 0.3 is 0 Å². The molecule has 2 aromatic heterocycles. The first-order valence-corrected chi connectivity index (χ1v) is 7.77. The van der Waals surface area contributed by atoms with Gasteiger partial charge in [-0.1, -0.05) is 29.3 Å². The summed E-state index contributed by atoms with van der Waals surface area (Å²) >= 11 is 13.9. The van der Waals surface area contributed by atoms with E-state index in [-0.39, 0.29) is 0 Å². The highest BCUT2D eigenvalue weighted by Gasteiger charge is 2.13. The molecule has 102 valence electrons. The second kappa shape index (κ2) is 5.56. The van der Waals surface area contributed by atoms with E-state index in [1.165, 1.54) is 0 Å². The van der Waals surface area contributed by atoms with Crippen molar-refractivity contribution >= 4 is 51.3 Å². The Kier molecular flexibility index (Phi) is 3.78. The van der Waals surface area contributed by atoms with Crippen LogP contribution < -0.4 is 5.32 Å². The van der Waals surface area contributed by atoms with Gasteiger partial charge in [-0.3, -0.25) is 0 Å². The van der Waals surface area contributed by atoms with Gasteiger partial charge in [0.15, 0.2) is 5.82 Å². The van der Waals surface area contributed by atoms with Gasteiger partial charge in [0, 0.05) is 17.0 Å². The number of aromatic nitrogens is 2. The zero-order valence-electron chi connectivity index (χ0n) is 10.7. The fraction of sp³-hybridized carbons (Fsp3) is 0.143. The molecular weight excluding hydrogens is 313 g/mol. The van der Waals surface area contributed by atoms with Crippen LogP contribution in [-0.4, -0.2) is 16.5 Å². The number of halogens is 2. The molecule has 0 saturated carbocycles. The van der Waals surface area contributed by atoms with E-state index in [1.807, 2.05) is 30.5 Å². The lowest BCUT2D eigenvalue weighted by Gasteiger charge is -2.10. The number of nitrogens with zero attached hydrogens (tertiary/aromatic N) is 2. The molecule has 0 saturated heterocycles. The third-order valence-corrected chi connectivity index (χ3v) is 4.18. The van der Waals surface area contributed by atoms with Crippen LogP contribution in [0.4, 0.5) is 5.82 Å². The number of hydrogen-bond donors (Lipinski definition) is 1. The Balaban J connectivity index is 2.30. The summed E-state index contributed by atoms with van der Waals surface area (Å²) < 4.78 is 0. The van der Waals surface area contributed by atoms with E-state index in [9.17, 15) is 0 Å². The Morgan fingerprint density at radius 3 is 2.80 bits per heavy atom. The maximum Gasteiger partial charge on any atom is 0.172 e. The average Bonchev–Trinajstić information content (AvgIpc) is 2.93. The number of anilines is 1. The molecule has 0 atom stereocenters. The zero-order chi connectivity index (χ0) is 14.1. The maximum atomic E-state index is 6.27. The molecule has 3 nitrogen and oxygen atoms in total. The molecule has 0 spiro atoms. The molecule has 0 aliphatic rings. The first-order chi connectivity index (χ1) is 9.69. The monoisotopic (exact) mass is 323 g/mol. The van der Waals surface area contributed by atoms with Crippen molar-refractivity contribution in [3.05, 3.63) is 39.7 Å². The predicted octanol–water partition coefficient (Wildman–Crippen LogP) is 5.10. The molecule has 3 rings (SSSR count). The van der Waals surface area contributed by atoms with Crippen molar-refractivity contribution in [3.8, 4) is 10.7 Å². The lowest BCUT2D eigenvalue weighted by atomic mass is 10.2. The minimum absolute atomic E-state index is 0.534. The molecule has 1 N–H and O–H groups in total. The highest BCUT2D eigenvalue weighted by atomic mass is 35.5. The number of hydrogen-bond acceptors (Lipinski definition) is 4. The summed E-state index contributed by atoms with van der Waals surface area (Å²) in [6, 6.07) is 7.50. The molecule has 0 radical (unpaired) electrons. The van der Waals surface area contributed by atoms with E-state index < -0.39 is 0 Å². The summed E-state index contributed by atoms with van der Waals surface area (Å²) in [7, 11) is 0. The summed E-state index contributed by atoms with van der Waals surface area (Å²) in [5.74, 6) is 1.43. The van der Waals surface area contributed by atoms with Gasteiger partial charge in [-0.2, -0.15) is 0 Å². The standard InChI is InChI=1S/C14H11Cl2N3S/c1-2-17-13-9-6-8(15)7-10(16)12(9)18-14(19-13)11-4-3-5-20-11/h3-7H,2H2,1H3,(H,17,18,19). The minimum Gasteiger partial charge on any atom is -0.370 e. The third kappa shape index (κ3) is 2.46. The van der Waals surface area contributed by atoms with Crippen molar-refractivity contribution in [2.45, 2.75) is 6.92 Å². The molecule has 0 bridgehead atoms. The zero-order valence-corrected chi connectivity index (χ0v) is 13.0. The molecule has 1 aromatic carbocycles. The molecule has 3 aromatic rings. The molecule has 0 aliphatic carbocycles. The van der Waals surface area contributed by atoms with Crippen molar-refractivity contribution < 1.29 is 0 Å². The lowest BCUT2D eigenvalue weighted by Crippen LogP contribution is -2.02. The van der Waals surface area contributed by atoms with Crippen LogP contribution in [0.2, 0.25) is 10.0 Å². The van der Waals surface area contributed by atoms with Gasteiger partial charge < -0.3 is 5.32 Å².